The number of allylic oxidation sites excluding steroid dienone is 2. The average Bonchev–Trinajstić information content (AvgIpc) is 1.98. The number of hydrogen-bond donors (Lipinski definition) is 0. The molecule has 0 aromatic rings. The zero-order valence-electron chi connectivity index (χ0n) is 9.77. The van der Waals surface area contributed by atoms with Crippen molar-refractivity contribution >= 4 is 5.78 Å². The van der Waals surface area contributed by atoms with Gasteiger partial charge in [-0.15, -0.1) is 0 Å². The summed E-state index contributed by atoms with van der Waals surface area (Å²) in [7, 11) is 0. The van der Waals surface area contributed by atoms with Crippen molar-refractivity contribution in [3.63, 3.8) is 0 Å². The molecule has 0 heterocycles. The Morgan fingerprint density at radius 3 is 1.92 bits per heavy atom. The molecule has 0 unspecified atom stereocenters. The third-order valence-electron chi connectivity index (χ3n) is 2.04. The second kappa shape index (κ2) is 4.08. The molecule has 0 aliphatic rings. The molecular formula is C12H22O. The summed E-state index contributed by atoms with van der Waals surface area (Å²) in [6, 6.07) is 0. The second-order valence-corrected chi connectivity index (χ2v) is 5.11. The molecule has 13 heavy (non-hydrogen) atoms. The smallest absolute Gasteiger partial charge is 0.147 e. The standard InChI is InChI=1S/C12H22O/c1-7-8-9-12(5,6)10(13)11(2,3)4/h8-9H,7H2,1-6H3/b9-8+. The zero-order valence-corrected chi connectivity index (χ0v) is 9.77. The molecule has 1 heteroatoms. The normalized spacial score (nSPS) is 13.7. The van der Waals surface area contributed by atoms with E-state index in [4.69, 9.17) is 0 Å². The maximum atomic E-state index is 11.9. The van der Waals surface area contributed by atoms with Gasteiger partial charge in [-0.05, 0) is 20.3 Å². The van der Waals surface area contributed by atoms with Crippen molar-refractivity contribution < 1.29 is 4.79 Å². The topological polar surface area (TPSA) is 17.1 Å². The quantitative estimate of drug-likeness (QED) is 0.609. The largest absolute Gasteiger partial charge is 0.298 e. The Labute approximate surface area is 82.2 Å². The van der Waals surface area contributed by atoms with Crippen molar-refractivity contribution in [3.05, 3.63) is 12.2 Å². The summed E-state index contributed by atoms with van der Waals surface area (Å²) >= 11 is 0. The SMILES string of the molecule is CC/C=C/C(C)(C)C(=O)C(C)(C)C. The van der Waals surface area contributed by atoms with Crippen LogP contribution in [0.15, 0.2) is 12.2 Å². The molecule has 0 spiro atoms. The van der Waals surface area contributed by atoms with Crippen LogP contribution in [0.2, 0.25) is 0 Å². The van der Waals surface area contributed by atoms with Crippen LogP contribution < -0.4 is 0 Å². The minimum atomic E-state index is -0.325. The lowest BCUT2D eigenvalue weighted by Gasteiger charge is -2.28. The van der Waals surface area contributed by atoms with E-state index in [-0.39, 0.29) is 10.8 Å². The zero-order chi connectivity index (χ0) is 10.7. The lowest BCUT2D eigenvalue weighted by molar-refractivity contribution is -0.132. The van der Waals surface area contributed by atoms with Gasteiger partial charge in [0.25, 0.3) is 0 Å². The van der Waals surface area contributed by atoms with Gasteiger partial charge in [0.1, 0.15) is 5.78 Å². The monoisotopic (exact) mass is 182 g/mol. The minimum absolute atomic E-state index is 0.248. The summed E-state index contributed by atoms with van der Waals surface area (Å²) in [4.78, 5) is 11.9. The molecule has 0 radical (unpaired) electrons. The van der Waals surface area contributed by atoms with Crippen LogP contribution in [0.25, 0.3) is 0 Å². The van der Waals surface area contributed by atoms with E-state index in [0.29, 0.717) is 5.78 Å². The van der Waals surface area contributed by atoms with Crippen LogP contribution in [0, 0.1) is 10.8 Å². The van der Waals surface area contributed by atoms with E-state index in [2.05, 4.69) is 13.0 Å². The lowest BCUT2D eigenvalue weighted by atomic mass is 9.74. The van der Waals surface area contributed by atoms with E-state index in [1.165, 1.54) is 0 Å². The molecule has 0 saturated carbocycles. The molecule has 0 aromatic carbocycles. The number of carbonyl (C=O) groups excluding carboxylic acids is 1. The number of carbonyl (C=O) groups is 1. The molecule has 0 aliphatic heterocycles. The molecule has 0 bridgehead atoms. The summed E-state index contributed by atoms with van der Waals surface area (Å²) in [5.74, 6) is 0.296. The predicted octanol–water partition coefficient (Wildman–Crippen LogP) is 3.59. The van der Waals surface area contributed by atoms with Gasteiger partial charge in [-0.2, -0.15) is 0 Å². The summed E-state index contributed by atoms with van der Waals surface area (Å²) < 4.78 is 0. The number of rotatable bonds is 3. The fraction of sp³-hybridized carbons (Fsp3) is 0.750. The highest BCUT2D eigenvalue weighted by Crippen LogP contribution is 2.30. The molecule has 0 amide bonds. The Kier molecular flexibility index (Phi) is 3.89. The molecule has 0 aromatic heterocycles. The van der Waals surface area contributed by atoms with Crippen molar-refractivity contribution in [2.75, 3.05) is 0 Å². The molecule has 1 nitrogen and oxygen atoms in total. The maximum Gasteiger partial charge on any atom is 0.147 e. The van der Waals surface area contributed by atoms with E-state index in [1.54, 1.807) is 0 Å². The summed E-state index contributed by atoms with van der Waals surface area (Å²) in [5, 5.41) is 0. The van der Waals surface area contributed by atoms with E-state index in [0.717, 1.165) is 6.42 Å². The Bertz CT molecular complexity index is 204. The summed E-state index contributed by atoms with van der Waals surface area (Å²) in [5.41, 5.74) is -0.574. The van der Waals surface area contributed by atoms with Crippen molar-refractivity contribution in [1.82, 2.24) is 0 Å². The minimum Gasteiger partial charge on any atom is -0.298 e. The highest BCUT2D eigenvalue weighted by atomic mass is 16.1. The van der Waals surface area contributed by atoms with E-state index in [1.807, 2.05) is 40.7 Å². The maximum absolute atomic E-state index is 11.9. The van der Waals surface area contributed by atoms with Gasteiger partial charge in [0, 0.05) is 10.8 Å². The molecule has 0 fully saturated rings. The van der Waals surface area contributed by atoms with Gasteiger partial charge in [0.2, 0.25) is 0 Å². The van der Waals surface area contributed by atoms with Gasteiger partial charge >= 0.3 is 0 Å². The molecule has 0 rings (SSSR count). The van der Waals surface area contributed by atoms with Crippen LogP contribution in [0.1, 0.15) is 48.0 Å². The van der Waals surface area contributed by atoms with E-state index >= 15 is 0 Å². The van der Waals surface area contributed by atoms with Crippen molar-refractivity contribution in [3.8, 4) is 0 Å². The first kappa shape index (κ1) is 12.4. The third kappa shape index (κ3) is 3.75. The Morgan fingerprint density at radius 1 is 1.15 bits per heavy atom. The van der Waals surface area contributed by atoms with Gasteiger partial charge in [-0.3, -0.25) is 4.79 Å². The van der Waals surface area contributed by atoms with E-state index in [9.17, 15) is 4.79 Å². The predicted molar refractivity (Wildman–Crippen MR) is 57.7 cm³/mol. The highest BCUT2D eigenvalue weighted by molar-refractivity contribution is 5.90. The first-order chi connectivity index (χ1) is 5.72. The van der Waals surface area contributed by atoms with Crippen molar-refractivity contribution in [1.29, 1.82) is 0 Å². The van der Waals surface area contributed by atoms with Crippen LogP contribution in [0.4, 0.5) is 0 Å². The van der Waals surface area contributed by atoms with Gasteiger partial charge in [-0.1, -0.05) is 39.8 Å². The van der Waals surface area contributed by atoms with Crippen molar-refractivity contribution in [2.24, 2.45) is 10.8 Å². The van der Waals surface area contributed by atoms with Gasteiger partial charge in [-0.25, -0.2) is 0 Å². The fourth-order valence-corrected chi connectivity index (χ4v) is 1.45. The van der Waals surface area contributed by atoms with Crippen LogP contribution in [0.3, 0.4) is 0 Å². The van der Waals surface area contributed by atoms with Crippen LogP contribution in [0.5, 0.6) is 0 Å². The molecule has 0 N–H and O–H groups in total. The Balaban J connectivity index is 4.65. The summed E-state index contributed by atoms with van der Waals surface area (Å²) in [6.07, 6.45) is 5.06. The third-order valence-corrected chi connectivity index (χ3v) is 2.04. The molecular weight excluding hydrogens is 160 g/mol. The molecule has 0 atom stereocenters. The van der Waals surface area contributed by atoms with Crippen LogP contribution in [-0.2, 0) is 4.79 Å². The second-order valence-electron chi connectivity index (χ2n) is 5.11. The Hall–Kier alpha value is -0.590. The van der Waals surface area contributed by atoms with E-state index < -0.39 is 0 Å². The van der Waals surface area contributed by atoms with Crippen LogP contribution in [-0.4, -0.2) is 5.78 Å². The highest BCUT2D eigenvalue weighted by Gasteiger charge is 2.33. The first-order valence-corrected chi connectivity index (χ1v) is 4.94. The molecule has 0 saturated heterocycles. The lowest BCUT2D eigenvalue weighted by Crippen LogP contribution is -2.33. The first-order valence-electron chi connectivity index (χ1n) is 4.94. The molecule has 76 valence electrons. The number of hydrogen-bond acceptors (Lipinski definition) is 1. The summed E-state index contributed by atoms with van der Waals surface area (Å²) in [6.45, 7) is 11.9. The van der Waals surface area contributed by atoms with Gasteiger partial charge in [0.05, 0.1) is 0 Å². The van der Waals surface area contributed by atoms with Crippen molar-refractivity contribution in [2.45, 2.75) is 48.0 Å². The number of ketones is 1. The molecule has 0 aliphatic carbocycles. The fourth-order valence-electron chi connectivity index (χ4n) is 1.45. The van der Waals surface area contributed by atoms with Gasteiger partial charge in [0.15, 0.2) is 0 Å². The average molecular weight is 182 g/mol. The van der Waals surface area contributed by atoms with Gasteiger partial charge < -0.3 is 0 Å². The Morgan fingerprint density at radius 2 is 1.62 bits per heavy atom. The number of Topliss-reactive ketones (excluding diaryl/α,β-unsaturated/α-hetero) is 1. The van der Waals surface area contributed by atoms with Crippen LogP contribution >= 0.6 is 0 Å².